The van der Waals surface area contributed by atoms with Crippen molar-refractivity contribution in [1.82, 2.24) is 0 Å². The van der Waals surface area contributed by atoms with E-state index in [1.807, 2.05) is 6.08 Å². The van der Waals surface area contributed by atoms with Crippen LogP contribution < -0.4 is 0 Å². The third-order valence-electron chi connectivity index (χ3n) is 0.955. The van der Waals surface area contributed by atoms with E-state index in [2.05, 4.69) is 31.1 Å². The summed E-state index contributed by atoms with van der Waals surface area (Å²) in [5, 5.41) is 8.40. The lowest BCUT2D eigenvalue weighted by Gasteiger charge is -2.02. The van der Waals surface area contributed by atoms with Crippen LogP contribution in [0.25, 0.3) is 0 Å². The van der Waals surface area contributed by atoms with Crippen molar-refractivity contribution >= 4 is 8.07 Å². The van der Waals surface area contributed by atoms with Gasteiger partial charge in [0.05, 0.1) is 6.61 Å². The average molecular weight is 168 g/mol. The van der Waals surface area contributed by atoms with E-state index in [0.717, 1.165) is 6.42 Å². The van der Waals surface area contributed by atoms with Gasteiger partial charge < -0.3 is 5.11 Å². The maximum absolute atomic E-state index is 8.40. The first kappa shape index (κ1) is 10.5. The summed E-state index contributed by atoms with van der Waals surface area (Å²) in [5.74, 6) is 3.07. The summed E-state index contributed by atoms with van der Waals surface area (Å²) in [6, 6.07) is 0. The van der Waals surface area contributed by atoms with Crippen molar-refractivity contribution < 1.29 is 5.11 Å². The fourth-order valence-corrected chi connectivity index (χ4v) is 1.17. The first-order valence-corrected chi connectivity index (χ1v) is 7.32. The lowest BCUT2D eigenvalue weighted by molar-refractivity contribution is 0.342. The number of hydrogen-bond acceptors (Lipinski definition) is 1. The Hall–Kier alpha value is -0.523. The highest BCUT2D eigenvalue weighted by atomic mass is 28.3. The SMILES string of the molecule is C[Si](C)(C)C#CC/C=C/CO. The van der Waals surface area contributed by atoms with Crippen LogP contribution in [0.4, 0.5) is 0 Å². The summed E-state index contributed by atoms with van der Waals surface area (Å²) >= 11 is 0. The predicted octanol–water partition coefficient (Wildman–Crippen LogP) is 1.81. The molecule has 0 aromatic heterocycles. The van der Waals surface area contributed by atoms with Crippen molar-refractivity contribution in [2.24, 2.45) is 0 Å². The summed E-state index contributed by atoms with van der Waals surface area (Å²) < 4.78 is 0. The zero-order valence-electron chi connectivity index (χ0n) is 7.52. The monoisotopic (exact) mass is 168 g/mol. The molecule has 0 unspecified atom stereocenters. The van der Waals surface area contributed by atoms with Crippen molar-refractivity contribution in [3.05, 3.63) is 12.2 Å². The highest BCUT2D eigenvalue weighted by Crippen LogP contribution is 1.96. The highest BCUT2D eigenvalue weighted by molar-refractivity contribution is 6.83. The second-order valence-corrected chi connectivity index (χ2v) is 8.16. The van der Waals surface area contributed by atoms with Crippen LogP contribution in [0.15, 0.2) is 12.2 Å². The molecule has 0 aromatic rings. The Morgan fingerprint density at radius 3 is 2.36 bits per heavy atom. The first-order valence-electron chi connectivity index (χ1n) is 3.82. The highest BCUT2D eigenvalue weighted by Gasteiger charge is 2.06. The summed E-state index contributed by atoms with van der Waals surface area (Å²) in [5.41, 5.74) is 3.24. The molecule has 0 atom stereocenters. The molecule has 0 saturated heterocycles. The molecule has 0 radical (unpaired) electrons. The van der Waals surface area contributed by atoms with Gasteiger partial charge in [-0.3, -0.25) is 0 Å². The maximum Gasteiger partial charge on any atom is 0.129 e. The Kier molecular flexibility index (Phi) is 4.92. The van der Waals surface area contributed by atoms with Gasteiger partial charge in [-0.1, -0.05) is 31.8 Å². The molecule has 11 heavy (non-hydrogen) atoms. The Morgan fingerprint density at radius 2 is 1.91 bits per heavy atom. The molecule has 0 rings (SSSR count). The zero-order valence-corrected chi connectivity index (χ0v) is 8.52. The number of rotatable bonds is 2. The van der Waals surface area contributed by atoms with Crippen LogP contribution in [0, 0.1) is 11.5 Å². The van der Waals surface area contributed by atoms with E-state index in [4.69, 9.17) is 5.11 Å². The summed E-state index contributed by atoms with van der Waals surface area (Å²) in [7, 11) is -1.17. The van der Waals surface area contributed by atoms with Gasteiger partial charge in [0.2, 0.25) is 0 Å². The zero-order chi connectivity index (χ0) is 8.74. The van der Waals surface area contributed by atoms with Gasteiger partial charge in [-0.2, -0.15) is 0 Å². The Morgan fingerprint density at radius 1 is 1.27 bits per heavy atom. The van der Waals surface area contributed by atoms with Crippen molar-refractivity contribution in [1.29, 1.82) is 0 Å². The molecule has 0 aliphatic carbocycles. The fraction of sp³-hybridized carbons (Fsp3) is 0.556. The van der Waals surface area contributed by atoms with Gasteiger partial charge in [-0.05, 0) is 0 Å². The average Bonchev–Trinajstić information content (AvgIpc) is 1.85. The molecule has 1 N–H and O–H groups in total. The minimum Gasteiger partial charge on any atom is -0.392 e. The summed E-state index contributed by atoms with van der Waals surface area (Å²) in [6.07, 6.45) is 4.39. The maximum atomic E-state index is 8.40. The van der Waals surface area contributed by atoms with E-state index < -0.39 is 8.07 Å². The Bertz CT molecular complexity index is 178. The van der Waals surface area contributed by atoms with E-state index in [1.54, 1.807) is 6.08 Å². The minimum absolute atomic E-state index is 0.120. The van der Waals surface area contributed by atoms with E-state index in [9.17, 15) is 0 Å². The van der Waals surface area contributed by atoms with Gasteiger partial charge >= 0.3 is 0 Å². The van der Waals surface area contributed by atoms with Crippen LogP contribution in [0.3, 0.4) is 0 Å². The predicted molar refractivity (Wildman–Crippen MR) is 52.0 cm³/mol. The fourth-order valence-electron chi connectivity index (χ4n) is 0.533. The van der Waals surface area contributed by atoms with Crippen LogP contribution >= 0.6 is 0 Å². The summed E-state index contributed by atoms with van der Waals surface area (Å²) in [6.45, 7) is 6.77. The lowest BCUT2D eigenvalue weighted by Crippen LogP contribution is -2.16. The molecular formula is C9H16OSi. The normalized spacial score (nSPS) is 11.3. The van der Waals surface area contributed by atoms with E-state index in [1.165, 1.54) is 0 Å². The second-order valence-electron chi connectivity index (χ2n) is 3.41. The Labute approximate surface area is 70.1 Å². The van der Waals surface area contributed by atoms with Gasteiger partial charge in [-0.25, -0.2) is 0 Å². The number of aliphatic hydroxyl groups is 1. The molecule has 0 aliphatic rings. The van der Waals surface area contributed by atoms with Crippen LogP contribution in [-0.2, 0) is 0 Å². The van der Waals surface area contributed by atoms with E-state index in [0.29, 0.717) is 0 Å². The largest absolute Gasteiger partial charge is 0.392 e. The number of allylic oxidation sites excluding steroid dienone is 1. The lowest BCUT2D eigenvalue weighted by atomic mass is 10.4. The molecule has 0 fully saturated rings. The van der Waals surface area contributed by atoms with Crippen molar-refractivity contribution in [2.75, 3.05) is 6.61 Å². The van der Waals surface area contributed by atoms with Gasteiger partial charge in [0.1, 0.15) is 8.07 Å². The molecule has 0 saturated carbocycles. The number of hydrogen-bond donors (Lipinski definition) is 1. The molecular weight excluding hydrogens is 152 g/mol. The number of aliphatic hydroxyl groups excluding tert-OH is 1. The van der Waals surface area contributed by atoms with E-state index >= 15 is 0 Å². The molecule has 0 amide bonds. The van der Waals surface area contributed by atoms with Crippen LogP contribution in [0.5, 0.6) is 0 Å². The molecule has 0 aromatic carbocycles. The van der Waals surface area contributed by atoms with E-state index in [-0.39, 0.29) is 6.61 Å². The third-order valence-corrected chi connectivity index (χ3v) is 1.88. The quantitative estimate of drug-likeness (QED) is 0.379. The molecule has 0 bridgehead atoms. The van der Waals surface area contributed by atoms with Crippen LogP contribution in [-0.4, -0.2) is 19.8 Å². The van der Waals surface area contributed by atoms with Crippen molar-refractivity contribution in [2.45, 2.75) is 26.1 Å². The molecule has 0 spiro atoms. The smallest absolute Gasteiger partial charge is 0.129 e. The molecule has 0 aliphatic heterocycles. The first-order chi connectivity index (χ1) is 5.06. The van der Waals surface area contributed by atoms with Gasteiger partial charge in [-0.15, -0.1) is 11.5 Å². The van der Waals surface area contributed by atoms with Crippen molar-refractivity contribution in [3.63, 3.8) is 0 Å². The third kappa shape index (κ3) is 9.48. The van der Waals surface area contributed by atoms with Crippen molar-refractivity contribution in [3.8, 4) is 11.5 Å². The van der Waals surface area contributed by atoms with Crippen LogP contribution in [0.1, 0.15) is 6.42 Å². The standard InChI is InChI=1S/C9H16OSi/c1-11(2,3)9-7-5-4-6-8-10/h4,6,10H,5,8H2,1-3H3/b6-4+. The molecule has 2 heteroatoms. The molecule has 1 nitrogen and oxygen atoms in total. The van der Waals surface area contributed by atoms with Crippen LogP contribution in [0.2, 0.25) is 19.6 Å². The second kappa shape index (κ2) is 5.17. The summed E-state index contributed by atoms with van der Waals surface area (Å²) in [4.78, 5) is 0. The Balaban J connectivity index is 3.65. The van der Waals surface area contributed by atoms with Gasteiger partial charge in [0, 0.05) is 6.42 Å². The topological polar surface area (TPSA) is 20.2 Å². The minimum atomic E-state index is -1.17. The van der Waals surface area contributed by atoms with Gasteiger partial charge in [0.15, 0.2) is 0 Å². The molecule has 62 valence electrons. The van der Waals surface area contributed by atoms with Gasteiger partial charge in [0.25, 0.3) is 0 Å². The molecule has 0 heterocycles.